The van der Waals surface area contributed by atoms with Gasteiger partial charge in [-0.3, -0.25) is 0 Å². The predicted octanol–water partition coefficient (Wildman–Crippen LogP) is 0.738. The van der Waals surface area contributed by atoms with Crippen LogP contribution in [0.1, 0.15) is 5.56 Å². The summed E-state index contributed by atoms with van der Waals surface area (Å²) in [4.78, 5) is 3.92. The van der Waals surface area contributed by atoms with Gasteiger partial charge in [-0.1, -0.05) is 12.1 Å². The number of methoxy groups -OCH3 is 1. The largest absolute Gasteiger partial charge is 0.380 e. The van der Waals surface area contributed by atoms with Gasteiger partial charge in [-0.05, 0) is 17.7 Å². The smallest absolute Gasteiger partial charge is 0.191 e. The molecule has 0 aliphatic carbocycles. The highest BCUT2D eigenvalue weighted by molar-refractivity contribution is 5.79. The lowest BCUT2D eigenvalue weighted by molar-refractivity contribution is 0.185. The highest BCUT2D eigenvalue weighted by Gasteiger charge is 1.93. The van der Waals surface area contributed by atoms with E-state index in [1.54, 1.807) is 7.11 Å². The van der Waals surface area contributed by atoms with Crippen molar-refractivity contribution in [3.63, 3.8) is 0 Å². The first-order chi connectivity index (χ1) is 6.22. The Balaban J connectivity index is 2.85. The molecular weight excluding hydrogens is 166 g/mol. The van der Waals surface area contributed by atoms with Crippen LogP contribution in [0.25, 0.3) is 0 Å². The number of benzene rings is 1. The number of hydrogen-bond donors (Lipinski definition) is 2. The van der Waals surface area contributed by atoms with Crippen LogP contribution < -0.4 is 11.5 Å². The SMILES string of the molecule is COCc1cccc(N=C(N)N)c1. The van der Waals surface area contributed by atoms with Crippen LogP contribution in [-0.4, -0.2) is 13.1 Å². The highest BCUT2D eigenvalue weighted by Crippen LogP contribution is 2.13. The maximum absolute atomic E-state index is 5.24. The molecular formula is C9H13N3O. The topological polar surface area (TPSA) is 73.6 Å². The van der Waals surface area contributed by atoms with Gasteiger partial charge in [0.2, 0.25) is 0 Å². The second-order valence-electron chi connectivity index (χ2n) is 2.64. The quantitative estimate of drug-likeness (QED) is 0.531. The van der Waals surface area contributed by atoms with E-state index in [0.29, 0.717) is 6.61 Å². The summed E-state index contributed by atoms with van der Waals surface area (Å²) in [5.74, 6) is 0.0644. The molecule has 0 aliphatic heterocycles. The standard InChI is InChI=1S/C9H13N3O/c1-13-6-7-3-2-4-8(5-7)12-9(10)11/h2-5H,6H2,1H3,(H4,10,11,12). The monoisotopic (exact) mass is 179 g/mol. The molecule has 0 saturated carbocycles. The van der Waals surface area contributed by atoms with Crippen LogP contribution in [0.5, 0.6) is 0 Å². The molecule has 0 aliphatic rings. The average Bonchev–Trinajstić information content (AvgIpc) is 2.04. The Bertz CT molecular complexity index is 305. The van der Waals surface area contributed by atoms with Crippen molar-refractivity contribution < 1.29 is 4.74 Å². The van der Waals surface area contributed by atoms with Crippen molar-refractivity contribution in [3.05, 3.63) is 29.8 Å². The first-order valence-corrected chi connectivity index (χ1v) is 3.90. The molecule has 0 bridgehead atoms. The van der Waals surface area contributed by atoms with Gasteiger partial charge in [0, 0.05) is 7.11 Å². The van der Waals surface area contributed by atoms with Crippen LogP contribution in [0.15, 0.2) is 29.3 Å². The molecule has 1 aromatic rings. The first-order valence-electron chi connectivity index (χ1n) is 3.90. The summed E-state index contributed by atoms with van der Waals surface area (Å²) in [6, 6.07) is 7.55. The summed E-state index contributed by atoms with van der Waals surface area (Å²) in [5.41, 5.74) is 12.3. The molecule has 0 heterocycles. The fourth-order valence-electron chi connectivity index (χ4n) is 1.03. The van der Waals surface area contributed by atoms with Crippen molar-refractivity contribution in [3.8, 4) is 0 Å². The van der Waals surface area contributed by atoms with Crippen LogP contribution in [0, 0.1) is 0 Å². The predicted molar refractivity (Wildman–Crippen MR) is 52.6 cm³/mol. The van der Waals surface area contributed by atoms with Crippen molar-refractivity contribution in [2.45, 2.75) is 6.61 Å². The second kappa shape index (κ2) is 4.47. The number of rotatable bonds is 3. The van der Waals surface area contributed by atoms with E-state index < -0.39 is 0 Å². The molecule has 4 nitrogen and oxygen atoms in total. The molecule has 1 rings (SSSR count). The van der Waals surface area contributed by atoms with E-state index in [0.717, 1.165) is 11.3 Å². The molecule has 4 N–H and O–H groups in total. The minimum Gasteiger partial charge on any atom is -0.380 e. The van der Waals surface area contributed by atoms with E-state index in [9.17, 15) is 0 Å². The van der Waals surface area contributed by atoms with E-state index >= 15 is 0 Å². The molecule has 0 saturated heterocycles. The third kappa shape index (κ3) is 3.13. The Morgan fingerprint density at radius 3 is 2.85 bits per heavy atom. The number of ether oxygens (including phenoxy) is 1. The van der Waals surface area contributed by atoms with Crippen molar-refractivity contribution in [2.75, 3.05) is 7.11 Å². The molecule has 13 heavy (non-hydrogen) atoms. The lowest BCUT2D eigenvalue weighted by atomic mass is 10.2. The highest BCUT2D eigenvalue weighted by atomic mass is 16.5. The number of hydrogen-bond acceptors (Lipinski definition) is 2. The van der Waals surface area contributed by atoms with Crippen molar-refractivity contribution in [2.24, 2.45) is 16.5 Å². The number of nitrogens with zero attached hydrogens (tertiary/aromatic N) is 1. The summed E-state index contributed by atoms with van der Waals surface area (Å²) < 4.78 is 4.98. The fraction of sp³-hybridized carbons (Fsp3) is 0.222. The van der Waals surface area contributed by atoms with Crippen LogP contribution in [0.4, 0.5) is 5.69 Å². The molecule has 70 valence electrons. The van der Waals surface area contributed by atoms with Crippen LogP contribution in [0.2, 0.25) is 0 Å². The van der Waals surface area contributed by atoms with Gasteiger partial charge in [0.1, 0.15) is 0 Å². The molecule has 0 aromatic heterocycles. The molecule has 0 amide bonds. The molecule has 0 unspecified atom stereocenters. The van der Waals surface area contributed by atoms with Crippen molar-refractivity contribution in [1.82, 2.24) is 0 Å². The van der Waals surface area contributed by atoms with Crippen LogP contribution in [0.3, 0.4) is 0 Å². The third-order valence-corrected chi connectivity index (χ3v) is 1.48. The van der Waals surface area contributed by atoms with E-state index in [4.69, 9.17) is 16.2 Å². The van der Waals surface area contributed by atoms with E-state index in [2.05, 4.69) is 4.99 Å². The molecule has 1 aromatic carbocycles. The zero-order chi connectivity index (χ0) is 9.68. The van der Waals surface area contributed by atoms with Gasteiger partial charge in [0.25, 0.3) is 0 Å². The van der Waals surface area contributed by atoms with Gasteiger partial charge in [-0.25, -0.2) is 4.99 Å². The minimum absolute atomic E-state index is 0.0644. The summed E-state index contributed by atoms with van der Waals surface area (Å²) in [5, 5.41) is 0. The molecule has 0 atom stereocenters. The van der Waals surface area contributed by atoms with Gasteiger partial charge < -0.3 is 16.2 Å². The Morgan fingerprint density at radius 1 is 1.46 bits per heavy atom. The summed E-state index contributed by atoms with van der Waals surface area (Å²) >= 11 is 0. The Morgan fingerprint density at radius 2 is 2.23 bits per heavy atom. The van der Waals surface area contributed by atoms with E-state index in [1.165, 1.54) is 0 Å². The lowest BCUT2D eigenvalue weighted by Crippen LogP contribution is -2.21. The van der Waals surface area contributed by atoms with E-state index in [1.807, 2.05) is 24.3 Å². The number of nitrogens with two attached hydrogens (primary N) is 2. The third-order valence-electron chi connectivity index (χ3n) is 1.48. The Kier molecular flexibility index (Phi) is 3.28. The van der Waals surface area contributed by atoms with Gasteiger partial charge in [-0.15, -0.1) is 0 Å². The van der Waals surface area contributed by atoms with Crippen molar-refractivity contribution >= 4 is 11.6 Å². The number of guanidine groups is 1. The zero-order valence-electron chi connectivity index (χ0n) is 7.53. The van der Waals surface area contributed by atoms with Gasteiger partial charge in [-0.2, -0.15) is 0 Å². The Hall–Kier alpha value is -1.55. The molecule has 0 spiro atoms. The second-order valence-corrected chi connectivity index (χ2v) is 2.64. The average molecular weight is 179 g/mol. The first kappa shape index (κ1) is 9.54. The molecule has 0 fully saturated rings. The minimum atomic E-state index is 0.0644. The molecule has 0 radical (unpaired) electrons. The van der Waals surface area contributed by atoms with Gasteiger partial charge in [0.05, 0.1) is 12.3 Å². The maximum Gasteiger partial charge on any atom is 0.191 e. The van der Waals surface area contributed by atoms with E-state index in [-0.39, 0.29) is 5.96 Å². The fourth-order valence-corrected chi connectivity index (χ4v) is 1.03. The summed E-state index contributed by atoms with van der Waals surface area (Å²) in [7, 11) is 1.65. The van der Waals surface area contributed by atoms with Crippen LogP contribution in [-0.2, 0) is 11.3 Å². The molecule has 4 heteroatoms. The Labute approximate surface area is 77.2 Å². The zero-order valence-corrected chi connectivity index (χ0v) is 7.53. The number of aliphatic imine (C=N–C) groups is 1. The van der Waals surface area contributed by atoms with Gasteiger partial charge in [0.15, 0.2) is 5.96 Å². The van der Waals surface area contributed by atoms with Gasteiger partial charge >= 0.3 is 0 Å². The van der Waals surface area contributed by atoms with Crippen LogP contribution >= 0.6 is 0 Å². The maximum atomic E-state index is 5.24. The normalized spacial score (nSPS) is 9.62. The summed E-state index contributed by atoms with van der Waals surface area (Å²) in [6.07, 6.45) is 0. The van der Waals surface area contributed by atoms with Crippen molar-refractivity contribution in [1.29, 1.82) is 0 Å². The lowest BCUT2D eigenvalue weighted by Gasteiger charge is -2.00. The summed E-state index contributed by atoms with van der Waals surface area (Å²) in [6.45, 7) is 0.563.